The number of para-hydroxylation sites is 1. The second kappa shape index (κ2) is 6.43. The molecule has 5 rings (SSSR count). The van der Waals surface area contributed by atoms with Gasteiger partial charge in [-0.3, -0.25) is 0 Å². The van der Waals surface area contributed by atoms with E-state index in [1.165, 1.54) is 68.3 Å². The summed E-state index contributed by atoms with van der Waals surface area (Å²) in [4.78, 5) is 5.23. The summed E-state index contributed by atoms with van der Waals surface area (Å²) in [6.07, 6.45) is 16.9. The molecule has 1 atom stereocenters. The number of fused-ring (bicyclic) bond motifs is 1. The minimum atomic E-state index is 0.294. The molecule has 0 saturated heterocycles. The molecule has 2 aliphatic carbocycles. The van der Waals surface area contributed by atoms with Crippen LogP contribution in [0, 0.1) is 24.2 Å². The minimum Gasteiger partial charge on any atom is -0.328 e. The molecule has 2 heteroatoms. The maximum Gasteiger partial charge on any atom is 0.107 e. The van der Waals surface area contributed by atoms with Crippen molar-refractivity contribution >= 4 is 5.69 Å². The average molecular weight is 363 g/mol. The van der Waals surface area contributed by atoms with E-state index in [9.17, 15) is 0 Å². The normalized spacial score (nSPS) is 28.0. The highest BCUT2D eigenvalue weighted by atomic mass is 15.4. The molecule has 1 aromatic rings. The zero-order valence-corrected chi connectivity index (χ0v) is 17.2. The molecular formula is C25H34N2. The molecule has 0 amide bonds. The molecule has 2 nitrogen and oxygen atoms in total. The number of nitrogens with zero attached hydrogens (tertiary/aromatic N) is 2. The SMILES string of the molecule is CC1=C2N(C=CC2(C2CCCC2)C2CCCC2)C(C)N1c1ccccc1C. The van der Waals surface area contributed by atoms with Crippen LogP contribution in [0.15, 0.2) is 47.9 Å². The average Bonchev–Trinajstić information content (AvgIpc) is 3.43. The molecule has 0 N–H and O–H groups in total. The van der Waals surface area contributed by atoms with Crippen LogP contribution in [0.3, 0.4) is 0 Å². The van der Waals surface area contributed by atoms with Gasteiger partial charge in [0.15, 0.2) is 0 Å². The van der Waals surface area contributed by atoms with Gasteiger partial charge in [-0.15, -0.1) is 0 Å². The lowest BCUT2D eigenvalue weighted by Gasteiger charge is -2.42. The van der Waals surface area contributed by atoms with Gasteiger partial charge in [-0.1, -0.05) is 50.0 Å². The Hall–Kier alpha value is -1.70. The molecule has 144 valence electrons. The number of hydrogen-bond donors (Lipinski definition) is 0. The van der Waals surface area contributed by atoms with Crippen LogP contribution in [0.25, 0.3) is 0 Å². The monoisotopic (exact) mass is 362 g/mol. The van der Waals surface area contributed by atoms with Crippen molar-refractivity contribution in [2.24, 2.45) is 17.3 Å². The first-order valence-electron chi connectivity index (χ1n) is 11.2. The van der Waals surface area contributed by atoms with Crippen LogP contribution < -0.4 is 4.90 Å². The van der Waals surface area contributed by atoms with Crippen LogP contribution in [0.5, 0.6) is 0 Å². The Morgan fingerprint density at radius 3 is 2.07 bits per heavy atom. The lowest BCUT2D eigenvalue weighted by atomic mass is 9.63. The Balaban J connectivity index is 1.64. The van der Waals surface area contributed by atoms with Gasteiger partial charge in [-0.2, -0.15) is 0 Å². The lowest BCUT2D eigenvalue weighted by Crippen LogP contribution is -2.38. The molecular weight excluding hydrogens is 328 g/mol. The number of aryl methyl sites for hydroxylation is 1. The molecule has 0 aromatic heterocycles. The standard InChI is InChI=1S/C25H34N2/c1-18-10-4-9-15-23(18)27-19(2)24-25(21-11-5-6-12-21,22-13-7-8-14-22)16-17-26(24)20(27)3/h4,9-10,15-17,20-22H,5-8,11-14H2,1-3H3. The summed E-state index contributed by atoms with van der Waals surface area (Å²) >= 11 is 0. The van der Waals surface area contributed by atoms with Crippen LogP contribution >= 0.6 is 0 Å². The fourth-order valence-corrected chi connectivity index (χ4v) is 6.93. The summed E-state index contributed by atoms with van der Waals surface area (Å²) in [5.41, 5.74) is 6.20. The number of benzene rings is 1. The first kappa shape index (κ1) is 17.4. The Morgan fingerprint density at radius 1 is 0.889 bits per heavy atom. The minimum absolute atomic E-state index is 0.294. The summed E-state index contributed by atoms with van der Waals surface area (Å²) in [5.74, 6) is 1.69. The Kier molecular flexibility index (Phi) is 4.14. The molecule has 0 radical (unpaired) electrons. The van der Waals surface area contributed by atoms with E-state index in [0.717, 1.165) is 11.8 Å². The summed E-state index contributed by atoms with van der Waals surface area (Å²) in [5, 5.41) is 0. The van der Waals surface area contributed by atoms with Gasteiger partial charge in [0.1, 0.15) is 6.17 Å². The number of hydrogen-bond acceptors (Lipinski definition) is 2. The zero-order chi connectivity index (χ0) is 18.6. The van der Waals surface area contributed by atoms with Crippen molar-refractivity contribution in [3.05, 3.63) is 53.5 Å². The molecule has 0 bridgehead atoms. The Morgan fingerprint density at radius 2 is 1.48 bits per heavy atom. The van der Waals surface area contributed by atoms with Crippen LogP contribution in [-0.2, 0) is 0 Å². The highest BCUT2D eigenvalue weighted by molar-refractivity contribution is 5.62. The van der Waals surface area contributed by atoms with Crippen molar-refractivity contribution in [3.8, 4) is 0 Å². The van der Waals surface area contributed by atoms with Crippen LogP contribution in [-0.4, -0.2) is 11.1 Å². The Bertz CT molecular complexity index is 761. The van der Waals surface area contributed by atoms with Gasteiger partial charge in [0.05, 0.1) is 0 Å². The molecule has 2 heterocycles. The molecule has 2 fully saturated rings. The summed E-state index contributed by atoms with van der Waals surface area (Å²) in [6, 6.07) is 8.90. The summed E-state index contributed by atoms with van der Waals surface area (Å²) in [6.45, 7) is 7.02. The predicted octanol–water partition coefficient (Wildman–Crippen LogP) is 6.59. The van der Waals surface area contributed by atoms with E-state index in [1.807, 2.05) is 0 Å². The topological polar surface area (TPSA) is 6.48 Å². The fourth-order valence-electron chi connectivity index (χ4n) is 6.93. The van der Waals surface area contributed by atoms with Gasteiger partial charge in [-0.25, -0.2) is 0 Å². The van der Waals surface area contributed by atoms with E-state index in [2.05, 4.69) is 67.1 Å². The third-order valence-electron chi connectivity index (χ3n) is 8.10. The molecule has 1 aromatic carbocycles. The van der Waals surface area contributed by atoms with E-state index >= 15 is 0 Å². The molecule has 1 unspecified atom stereocenters. The molecule has 4 aliphatic rings. The number of anilines is 1. The van der Waals surface area contributed by atoms with Crippen molar-refractivity contribution in [2.75, 3.05) is 4.90 Å². The van der Waals surface area contributed by atoms with E-state index in [0.29, 0.717) is 11.6 Å². The van der Waals surface area contributed by atoms with E-state index < -0.39 is 0 Å². The first-order chi connectivity index (χ1) is 13.1. The third kappa shape index (κ3) is 2.38. The van der Waals surface area contributed by atoms with Gasteiger partial charge in [0, 0.05) is 28.7 Å². The summed E-state index contributed by atoms with van der Waals surface area (Å²) < 4.78 is 0. The number of allylic oxidation sites excluding steroid dienone is 2. The van der Waals surface area contributed by atoms with Crippen molar-refractivity contribution in [3.63, 3.8) is 0 Å². The van der Waals surface area contributed by atoms with Crippen molar-refractivity contribution in [1.82, 2.24) is 4.90 Å². The zero-order valence-electron chi connectivity index (χ0n) is 17.2. The van der Waals surface area contributed by atoms with E-state index in [4.69, 9.17) is 0 Å². The lowest BCUT2D eigenvalue weighted by molar-refractivity contribution is 0.158. The van der Waals surface area contributed by atoms with Crippen LogP contribution in [0.2, 0.25) is 0 Å². The van der Waals surface area contributed by atoms with Crippen LogP contribution in [0.1, 0.15) is 70.8 Å². The molecule has 0 spiro atoms. The van der Waals surface area contributed by atoms with Gasteiger partial charge < -0.3 is 9.80 Å². The smallest absolute Gasteiger partial charge is 0.107 e. The fraction of sp³-hybridized carbons (Fsp3) is 0.600. The van der Waals surface area contributed by atoms with Crippen LogP contribution in [0.4, 0.5) is 5.69 Å². The van der Waals surface area contributed by atoms with Crippen molar-refractivity contribution in [1.29, 1.82) is 0 Å². The maximum atomic E-state index is 2.66. The third-order valence-corrected chi connectivity index (χ3v) is 8.10. The van der Waals surface area contributed by atoms with Gasteiger partial charge in [-0.05, 0) is 69.9 Å². The first-order valence-corrected chi connectivity index (χ1v) is 11.2. The van der Waals surface area contributed by atoms with Crippen molar-refractivity contribution < 1.29 is 0 Å². The van der Waals surface area contributed by atoms with Gasteiger partial charge >= 0.3 is 0 Å². The quantitative estimate of drug-likeness (QED) is 0.598. The second-order valence-corrected chi connectivity index (χ2v) is 9.34. The highest BCUT2D eigenvalue weighted by Crippen LogP contribution is 2.61. The highest BCUT2D eigenvalue weighted by Gasteiger charge is 2.55. The summed E-state index contributed by atoms with van der Waals surface area (Å²) in [7, 11) is 0. The van der Waals surface area contributed by atoms with E-state index in [1.54, 1.807) is 5.70 Å². The predicted molar refractivity (Wildman–Crippen MR) is 113 cm³/mol. The van der Waals surface area contributed by atoms with Gasteiger partial charge in [0.2, 0.25) is 0 Å². The Labute approximate surface area is 164 Å². The van der Waals surface area contributed by atoms with E-state index in [-0.39, 0.29) is 0 Å². The second-order valence-electron chi connectivity index (χ2n) is 9.34. The molecule has 27 heavy (non-hydrogen) atoms. The number of rotatable bonds is 3. The molecule has 2 aliphatic heterocycles. The molecule has 2 saturated carbocycles. The van der Waals surface area contributed by atoms with Crippen molar-refractivity contribution in [2.45, 2.75) is 78.3 Å². The maximum absolute atomic E-state index is 2.66. The largest absolute Gasteiger partial charge is 0.328 e. The van der Waals surface area contributed by atoms with Gasteiger partial charge in [0.25, 0.3) is 0 Å².